The number of hydrogen-bond donors (Lipinski definition) is 0. The van der Waals surface area contributed by atoms with Crippen LogP contribution >= 0.6 is 0 Å². The molecular weight excluding hydrogens is 308 g/mol. The van der Waals surface area contributed by atoms with Gasteiger partial charge in [-0.2, -0.15) is 0 Å². The smallest absolute Gasteiger partial charge is 0.383 e. The predicted octanol–water partition coefficient (Wildman–Crippen LogP) is 4.32. The number of rotatable bonds is 8. The summed E-state index contributed by atoms with van der Waals surface area (Å²) in [6, 6.07) is 5.26. The van der Waals surface area contributed by atoms with E-state index in [0.717, 1.165) is 12.8 Å². The second kappa shape index (κ2) is 8.43. The first-order valence-corrected chi connectivity index (χ1v) is 8.16. The normalized spacial score (nSPS) is 11.4. The maximum absolute atomic E-state index is 12.3. The molecule has 1 heterocycles. The van der Waals surface area contributed by atoms with Crippen molar-refractivity contribution in [2.24, 2.45) is 0 Å². The molecule has 0 fully saturated rings. The molecule has 0 aliphatic heterocycles. The van der Waals surface area contributed by atoms with Crippen LogP contribution in [0.25, 0.3) is 11.0 Å². The highest BCUT2D eigenvalue weighted by Crippen LogP contribution is 2.35. The number of fused-ring (bicyclic) bond motifs is 1. The second-order valence-electron chi connectivity index (χ2n) is 5.59. The molecule has 0 saturated carbocycles. The fourth-order valence-corrected chi connectivity index (χ4v) is 2.25. The first-order valence-electron chi connectivity index (χ1n) is 8.16. The number of ether oxygens (including phenoxy) is 3. The molecule has 0 aliphatic rings. The summed E-state index contributed by atoms with van der Waals surface area (Å²) in [4.78, 5) is 12.3. The van der Waals surface area contributed by atoms with Gasteiger partial charge in [-0.3, -0.25) is 0 Å². The lowest BCUT2D eigenvalue weighted by atomic mass is 10.2. The van der Waals surface area contributed by atoms with Crippen molar-refractivity contribution in [3.8, 4) is 17.2 Å². The molecule has 0 bridgehead atoms. The fraction of sp³-hybridized carbons (Fsp3) is 0.421. The number of hydrogen-bond acceptors (Lipinski definition) is 5. The molecule has 5 heteroatoms. The molecule has 0 radical (unpaired) electrons. The third-order valence-electron chi connectivity index (χ3n) is 3.31. The summed E-state index contributed by atoms with van der Waals surface area (Å²) in [5.41, 5.74) is -0.140. The van der Waals surface area contributed by atoms with Crippen molar-refractivity contribution in [1.29, 1.82) is 0 Å². The molecule has 130 valence electrons. The molecule has 1 aromatic heterocycles. The topological polar surface area (TPSA) is 57.9 Å². The Morgan fingerprint density at radius 2 is 2.00 bits per heavy atom. The van der Waals surface area contributed by atoms with E-state index in [2.05, 4.69) is 13.0 Å². The van der Waals surface area contributed by atoms with Crippen LogP contribution in [0.4, 0.5) is 0 Å². The average molecular weight is 332 g/mol. The second-order valence-corrected chi connectivity index (χ2v) is 5.59. The highest BCUT2D eigenvalue weighted by atomic mass is 16.5. The third kappa shape index (κ3) is 4.31. The van der Waals surface area contributed by atoms with Crippen LogP contribution in [-0.4, -0.2) is 19.8 Å². The van der Waals surface area contributed by atoms with E-state index in [1.807, 2.05) is 19.9 Å². The van der Waals surface area contributed by atoms with Crippen molar-refractivity contribution >= 4 is 11.0 Å². The van der Waals surface area contributed by atoms with Gasteiger partial charge in [-0.15, -0.1) is 0 Å². The molecule has 0 amide bonds. The lowest BCUT2D eigenvalue weighted by Crippen LogP contribution is -2.14. The van der Waals surface area contributed by atoms with E-state index in [1.54, 1.807) is 25.3 Å². The summed E-state index contributed by atoms with van der Waals surface area (Å²) in [5.74, 6) is 1.14. The minimum atomic E-state index is -0.550. The van der Waals surface area contributed by atoms with Gasteiger partial charge in [0.2, 0.25) is 5.75 Å². The van der Waals surface area contributed by atoms with Crippen molar-refractivity contribution in [3.63, 3.8) is 0 Å². The van der Waals surface area contributed by atoms with Crippen LogP contribution < -0.4 is 19.8 Å². The fourth-order valence-electron chi connectivity index (χ4n) is 2.25. The van der Waals surface area contributed by atoms with Crippen LogP contribution in [0.15, 0.2) is 39.6 Å². The van der Waals surface area contributed by atoms with Crippen LogP contribution in [0.1, 0.15) is 33.6 Å². The van der Waals surface area contributed by atoms with Gasteiger partial charge in [-0.25, -0.2) is 4.79 Å². The Bertz CT molecular complexity index is 758. The van der Waals surface area contributed by atoms with E-state index < -0.39 is 5.63 Å². The minimum Gasteiger partial charge on any atom is -0.497 e. The molecule has 0 spiro atoms. The first-order chi connectivity index (χ1) is 11.6. The minimum absolute atomic E-state index is 0.0977. The summed E-state index contributed by atoms with van der Waals surface area (Å²) >= 11 is 0. The van der Waals surface area contributed by atoms with Crippen LogP contribution in [0.2, 0.25) is 0 Å². The van der Waals surface area contributed by atoms with E-state index >= 15 is 0 Å². The molecule has 0 atom stereocenters. The molecule has 2 aromatic rings. The number of methoxy groups -OCH3 is 1. The summed E-state index contributed by atoms with van der Waals surface area (Å²) in [7, 11) is 1.56. The zero-order valence-electron chi connectivity index (χ0n) is 14.6. The van der Waals surface area contributed by atoms with Crippen LogP contribution in [0.5, 0.6) is 17.2 Å². The Morgan fingerprint density at radius 3 is 2.67 bits per heavy atom. The lowest BCUT2D eigenvalue weighted by molar-refractivity contribution is 0.219. The summed E-state index contributed by atoms with van der Waals surface area (Å²) < 4.78 is 22.1. The zero-order chi connectivity index (χ0) is 17.5. The predicted molar refractivity (Wildman–Crippen MR) is 94.3 cm³/mol. The van der Waals surface area contributed by atoms with Crippen LogP contribution in [-0.2, 0) is 0 Å². The Hall–Kier alpha value is -2.43. The Morgan fingerprint density at radius 1 is 1.21 bits per heavy atom. The molecule has 1 aromatic carbocycles. The quantitative estimate of drug-likeness (QED) is 0.409. The van der Waals surface area contributed by atoms with Gasteiger partial charge in [-0.05, 0) is 38.8 Å². The van der Waals surface area contributed by atoms with Gasteiger partial charge in [0.25, 0.3) is 0 Å². The molecule has 0 saturated heterocycles. The molecule has 0 unspecified atom stereocenters. The van der Waals surface area contributed by atoms with Crippen LogP contribution in [0, 0.1) is 0 Å². The van der Waals surface area contributed by atoms with Crippen molar-refractivity contribution in [2.75, 3.05) is 13.7 Å². The van der Waals surface area contributed by atoms with E-state index in [0.29, 0.717) is 29.1 Å². The van der Waals surface area contributed by atoms with Gasteiger partial charge in [0.15, 0.2) is 5.75 Å². The van der Waals surface area contributed by atoms with Gasteiger partial charge in [0.05, 0.1) is 25.2 Å². The molecular formula is C19H24O5. The number of allylic oxidation sites excluding steroid dienone is 1. The van der Waals surface area contributed by atoms with Gasteiger partial charge in [0.1, 0.15) is 11.3 Å². The van der Waals surface area contributed by atoms with Crippen molar-refractivity contribution in [2.45, 2.75) is 39.7 Å². The lowest BCUT2D eigenvalue weighted by Gasteiger charge is -2.16. The maximum Gasteiger partial charge on any atom is 0.383 e. The third-order valence-corrected chi connectivity index (χ3v) is 3.31. The molecule has 0 aliphatic carbocycles. The highest BCUT2D eigenvalue weighted by Gasteiger charge is 2.19. The van der Waals surface area contributed by atoms with Gasteiger partial charge >= 0.3 is 5.63 Å². The van der Waals surface area contributed by atoms with E-state index in [9.17, 15) is 4.79 Å². The summed E-state index contributed by atoms with van der Waals surface area (Å²) in [6.07, 6.45) is 5.68. The Balaban J connectivity index is 2.42. The number of benzene rings is 1. The first kappa shape index (κ1) is 17.9. The maximum atomic E-state index is 12.3. The van der Waals surface area contributed by atoms with Gasteiger partial charge in [-0.1, -0.05) is 19.1 Å². The molecule has 24 heavy (non-hydrogen) atoms. The van der Waals surface area contributed by atoms with Crippen LogP contribution in [0.3, 0.4) is 0 Å². The van der Waals surface area contributed by atoms with Crippen molar-refractivity contribution in [3.05, 3.63) is 40.8 Å². The average Bonchev–Trinajstić information content (AvgIpc) is 2.55. The Kier molecular flexibility index (Phi) is 6.29. The highest BCUT2D eigenvalue weighted by molar-refractivity contribution is 5.86. The monoisotopic (exact) mass is 332 g/mol. The molecule has 2 rings (SSSR count). The van der Waals surface area contributed by atoms with E-state index in [4.69, 9.17) is 18.6 Å². The zero-order valence-corrected chi connectivity index (χ0v) is 14.6. The Labute approximate surface area is 141 Å². The molecule has 0 N–H and O–H groups in total. The summed E-state index contributed by atoms with van der Waals surface area (Å²) in [5, 5.41) is 0.684. The standard InChI is InChI=1S/C19H24O5/c1-5-6-7-8-11-22-18-17(23-13(2)3)15-10-9-14(21-4)12-16(15)24-19(18)20/h6-7,9-10,12-13H,5,8,11H2,1-4H3/b7-6+. The van der Waals surface area contributed by atoms with Gasteiger partial charge < -0.3 is 18.6 Å². The SMILES string of the molecule is CC/C=C/CCOc1c(OC(C)C)c2ccc(OC)cc2oc1=O. The van der Waals surface area contributed by atoms with Gasteiger partial charge in [0, 0.05) is 6.07 Å². The van der Waals surface area contributed by atoms with E-state index in [1.165, 1.54) is 0 Å². The van der Waals surface area contributed by atoms with Crippen molar-refractivity contribution in [1.82, 2.24) is 0 Å². The van der Waals surface area contributed by atoms with Crippen molar-refractivity contribution < 1.29 is 18.6 Å². The molecule has 5 nitrogen and oxygen atoms in total. The summed E-state index contributed by atoms with van der Waals surface area (Å²) in [6.45, 7) is 6.25. The largest absolute Gasteiger partial charge is 0.497 e. The van der Waals surface area contributed by atoms with E-state index in [-0.39, 0.29) is 11.9 Å².